The Morgan fingerprint density at radius 1 is 1.32 bits per heavy atom. The summed E-state index contributed by atoms with van der Waals surface area (Å²) in [5.74, 6) is 2.28. The minimum atomic E-state index is 0.346. The highest BCUT2D eigenvalue weighted by atomic mass is 16.5. The molecule has 1 heterocycles. The summed E-state index contributed by atoms with van der Waals surface area (Å²) in [4.78, 5) is 2.00. The van der Waals surface area contributed by atoms with Crippen LogP contribution < -0.4 is 15.4 Å². The number of anilines is 2. The first-order chi connectivity index (χ1) is 8.99. The van der Waals surface area contributed by atoms with Gasteiger partial charge in [-0.1, -0.05) is 0 Å². The van der Waals surface area contributed by atoms with Gasteiger partial charge in [0.25, 0.3) is 0 Å². The molecule has 6 heteroatoms. The Bertz CT molecular complexity index is 576. The maximum absolute atomic E-state index is 5.91. The van der Waals surface area contributed by atoms with Crippen LogP contribution in [-0.2, 0) is 13.7 Å². The van der Waals surface area contributed by atoms with Crippen LogP contribution in [0.25, 0.3) is 0 Å². The maximum atomic E-state index is 5.91. The molecule has 1 aromatic heterocycles. The van der Waals surface area contributed by atoms with Crippen molar-refractivity contribution in [3.8, 4) is 5.75 Å². The summed E-state index contributed by atoms with van der Waals surface area (Å²) < 4.78 is 7.63. The van der Waals surface area contributed by atoms with E-state index in [1.807, 2.05) is 55.7 Å². The molecule has 6 nitrogen and oxygen atoms in total. The van der Waals surface area contributed by atoms with Crippen LogP contribution in [0.1, 0.15) is 11.6 Å². The summed E-state index contributed by atoms with van der Waals surface area (Å²) in [6.07, 6.45) is 0. The molecule has 2 N–H and O–H groups in total. The number of nitrogen functional groups attached to an aromatic ring is 1. The van der Waals surface area contributed by atoms with Crippen LogP contribution in [0.5, 0.6) is 5.75 Å². The molecule has 1 aromatic carbocycles. The van der Waals surface area contributed by atoms with E-state index in [0.717, 1.165) is 17.3 Å². The van der Waals surface area contributed by atoms with Gasteiger partial charge < -0.3 is 19.9 Å². The number of hydrogen-bond acceptors (Lipinski definition) is 5. The Morgan fingerprint density at radius 2 is 2.05 bits per heavy atom. The standard InChI is InChI=1S/C13H19N5O/c1-9-15-16-13(18(9)4)8-19-12-7-10(17(2)3)5-6-11(12)14/h5-7H,8,14H2,1-4H3. The molecule has 2 rings (SSSR count). The Kier molecular flexibility index (Phi) is 3.59. The first kappa shape index (κ1) is 13.2. The highest BCUT2D eigenvalue weighted by molar-refractivity contribution is 5.61. The molecule has 19 heavy (non-hydrogen) atoms. The average Bonchev–Trinajstić information content (AvgIpc) is 2.69. The number of ether oxygens (including phenoxy) is 1. The zero-order chi connectivity index (χ0) is 14.0. The molecule has 0 spiro atoms. The first-order valence-electron chi connectivity index (χ1n) is 6.03. The molecule has 0 aliphatic carbocycles. The highest BCUT2D eigenvalue weighted by Crippen LogP contribution is 2.27. The van der Waals surface area contributed by atoms with Gasteiger partial charge in [0.15, 0.2) is 5.82 Å². The van der Waals surface area contributed by atoms with Crippen molar-refractivity contribution in [3.63, 3.8) is 0 Å². The lowest BCUT2D eigenvalue weighted by Crippen LogP contribution is -2.10. The van der Waals surface area contributed by atoms with E-state index in [1.165, 1.54) is 0 Å². The largest absolute Gasteiger partial charge is 0.483 e. The topological polar surface area (TPSA) is 69.2 Å². The molecule has 0 aliphatic rings. The number of aryl methyl sites for hydroxylation is 1. The smallest absolute Gasteiger partial charge is 0.170 e. The Labute approximate surface area is 112 Å². The van der Waals surface area contributed by atoms with Crippen molar-refractivity contribution >= 4 is 11.4 Å². The molecular weight excluding hydrogens is 242 g/mol. The minimum Gasteiger partial charge on any atom is -0.483 e. The number of rotatable bonds is 4. The van der Waals surface area contributed by atoms with Crippen molar-refractivity contribution in [1.82, 2.24) is 14.8 Å². The molecule has 0 saturated carbocycles. The molecule has 0 saturated heterocycles. The van der Waals surface area contributed by atoms with Crippen molar-refractivity contribution in [1.29, 1.82) is 0 Å². The second-order valence-electron chi connectivity index (χ2n) is 4.63. The SMILES string of the molecule is Cc1nnc(COc2cc(N(C)C)ccc2N)n1C. The lowest BCUT2D eigenvalue weighted by Gasteiger charge is -2.15. The van der Waals surface area contributed by atoms with Gasteiger partial charge >= 0.3 is 0 Å². The van der Waals surface area contributed by atoms with E-state index in [4.69, 9.17) is 10.5 Å². The van der Waals surface area contributed by atoms with Gasteiger partial charge in [-0.15, -0.1) is 10.2 Å². The molecule has 0 amide bonds. The van der Waals surface area contributed by atoms with Gasteiger partial charge in [0.2, 0.25) is 0 Å². The number of benzene rings is 1. The van der Waals surface area contributed by atoms with Crippen molar-refractivity contribution in [3.05, 3.63) is 29.8 Å². The summed E-state index contributed by atoms with van der Waals surface area (Å²) >= 11 is 0. The lowest BCUT2D eigenvalue weighted by atomic mass is 10.2. The predicted molar refractivity (Wildman–Crippen MR) is 75.3 cm³/mol. The van der Waals surface area contributed by atoms with Crippen LogP contribution in [0, 0.1) is 6.92 Å². The molecular formula is C13H19N5O. The molecule has 0 radical (unpaired) electrons. The molecule has 0 atom stereocenters. The van der Waals surface area contributed by atoms with Gasteiger partial charge in [0.05, 0.1) is 5.69 Å². The Hall–Kier alpha value is -2.24. The van der Waals surface area contributed by atoms with Crippen molar-refractivity contribution in [2.45, 2.75) is 13.5 Å². The normalized spacial score (nSPS) is 10.5. The number of nitrogens with zero attached hydrogens (tertiary/aromatic N) is 4. The third-order valence-electron chi connectivity index (χ3n) is 3.05. The van der Waals surface area contributed by atoms with Gasteiger partial charge in [-0.05, 0) is 19.1 Å². The predicted octanol–water partition coefficient (Wildman–Crippen LogP) is 1.35. The lowest BCUT2D eigenvalue weighted by molar-refractivity contribution is 0.292. The Morgan fingerprint density at radius 3 is 2.63 bits per heavy atom. The van der Waals surface area contributed by atoms with E-state index in [9.17, 15) is 0 Å². The minimum absolute atomic E-state index is 0.346. The molecule has 0 unspecified atom stereocenters. The van der Waals surface area contributed by atoms with Crippen LogP contribution in [0.3, 0.4) is 0 Å². The van der Waals surface area contributed by atoms with Gasteiger partial charge in [-0.25, -0.2) is 0 Å². The number of nitrogens with two attached hydrogens (primary N) is 1. The van der Waals surface area contributed by atoms with Crippen molar-refractivity contribution in [2.75, 3.05) is 24.7 Å². The molecule has 0 aliphatic heterocycles. The summed E-state index contributed by atoms with van der Waals surface area (Å²) in [7, 11) is 5.86. The fourth-order valence-corrected chi connectivity index (χ4v) is 1.65. The van der Waals surface area contributed by atoms with Crippen LogP contribution in [-0.4, -0.2) is 28.9 Å². The third kappa shape index (κ3) is 2.78. The van der Waals surface area contributed by atoms with E-state index in [-0.39, 0.29) is 0 Å². The van der Waals surface area contributed by atoms with Gasteiger partial charge in [0, 0.05) is 32.9 Å². The quantitative estimate of drug-likeness (QED) is 0.841. The first-order valence-corrected chi connectivity index (χ1v) is 6.03. The fourth-order valence-electron chi connectivity index (χ4n) is 1.65. The summed E-state index contributed by atoms with van der Waals surface area (Å²) in [5, 5.41) is 8.04. The number of hydrogen-bond donors (Lipinski definition) is 1. The van der Waals surface area contributed by atoms with Crippen LogP contribution in [0.2, 0.25) is 0 Å². The maximum Gasteiger partial charge on any atom is 0.170 e. The Balaban J connectivity index is 2.15. The number of aromatic nitrogens is 3. The second kappa shape index (κ2) is 5.17. The van der Waals surface area contributed by atoms with Gasteiger partial charge in [-0.2, -0.15) is 0 Å². The van der Waals surface area contributed by atoms with Crippen molar-refractivity contribution in [2.24, 2.45) is 7.05 Å². The summed E-state index contributed by atoms with van der Waals surface area (Å²) in [5.41, 5.74) is 7.57. The summed E-state index contributed by atoms with van der Waals surface area (Å²) in [6, 6.07) is 5.71. The summed E-state index contributed by atoms with van der Waals surface area (Å²) in [6.45, 7) is 2.25. The van der Waals surface area contributed by atoms with Crippen LogP contribution in [0.15, 0.2) is 18.2 Å². The van der Waals surface area contributed by atoms with Crippen LogP contribution in [0.4, 0.5) is 11.4 Å². The van der Waals surface area contributed by atoms with E-state index >= 15 is 0 Å². The zero-order valence-corrected chi connectivity index (χ0v) is 11.7. The molecule has 102 valence electrons. The van der Waals surface area contributed by atoms with Gasteiger partial charge in [0.1, 0.15) is 18.2 Å². The third-order valence-corrected chi connectivity index (χ3v) is 3.05. The molecule has 0 fully saturated rings. The van der Waals surface area contributed by atoms with E-state index in [1.54, 1.807) is 0 Å². The molecule has 2 aromatic rings. The van der Waals surface area contributed by atoms with E-state index in [2.05, 4.69) is 10.2 Å². The molecule has 0 bridgehead atoms. The van der Waals surface area contributed by atoms with Crippen LogP contribution >= 0.6 is 0 Å². The van der Waals surface area contributed by atoms with Gasteiger partial charge in [-0.3, -0.25) is 0 Å². The fraction of sp³-hybridized carbons (Fsp3) is 0.385. The van der Waals surface area contributed by atoms with Crippen molar-refractivity contribution < 1.29 is 4.74 Å². The average molecular weight is 261 g/mol. The zero-order valence-electron chi connectivity index (χ0n) is 11.7. The monoisotopic (exact) mass is 261 g/mol. The van der Waals surface area contributed by atoms with E-state index < -0.39 is 0 Å². The second-order valence-corrected chi connectivity index (χ2v) is 4.63. The highest BCUT2D eigenvalue weighted by Gasteiger charge is 2.08. The van der Waals surface area contributed by atoms with E-state index in [0.29, 0.717) is 18.0 Å².